The molecule has 5 heteroatoms. The van der Waals surface area contributed by atoms with E-state index in [2.05, 4.69) is 5.32 Å². The summed E-state index contributed by atoms with van der Waals surface area (Å²) in [6.07, 6.45) is 1.77. The molecular formula is C16H21FN2O2. The third-order valence-electron chi connectivity index (χ3n) is 4.17. The summed E-state index contributed by atoms with van der Waals surface area (Å²) in [7, 11) is 0. The van der Waals surface area contributed by atoms with E-state index < -0.39 is 0 Å². The number of benzene rings is 1. The lowest BCUT2D eigenvalue weighted by Crippen LogP contribution is -2.51. The highest BCUT2D eigenvalue weighted by molar-refractivity contribution is 5.82. The zero-order valence-corrected chi connectivity index (χ0v) is 12.2. The van der Waals surface area contributed by atoms with Crippen molar-refractivity contribution in [2.45, 2.75) is 38.0 Å². The van der Waals surface area contributed by atoms with Crippen molar-refractivity contribution < 1.29 is 13.9 Å². The zero-order chi connectivity index (χ0) is 14.8. The quantitative estimate of drug-likeness (QED) is 0.905. The van der Waals surface area contributed by atoms with Crippen LogP contribution in [0.25, 0.3) is 0 Å². The largest absolute Gasteiger partial charge is 0.367 e. The number of halogens is 1. The first-order valence-electron chi connectivity index (χ1n) is 7.56. The SMILES string of the molecule is C[C@H]1CN(C(=O)[C@@H]2CCCN2)C[C@@H](c2ccc(F)cc2)O1. The lowest BCUT2D eigenvalue weighted by molar-refractivity contribution is -0.146. The van der Waals surface area contributed by atoms with E-state index in [1.807, 2.05) is 11.8 Å². The Kier molecular flexibility index (Phi) is 4.22. The summed E-state index contributed by atoms with van der Waals surface area (Å²) in [4.78, 5) is 14.4. The molecule has 2 heterocycles. The minimum absolute atomic E-state index is 0.0147. The van der Waals surface area contributed by atoms with Crippen molar-refractivity contribution in [3.8, 4) is 0 Å². The van der Waals surface area contributed by atoms with Crippen LogP contribution >= 0.6 is 0 Å². The average molecular weight is 292 g/mol. The van der Waals surface area contributed by atoms with E-state index in [1.54, 1.807) is 12.1 Å². The number of nitrogens with zero attached hydrogens (tertiary/aromatic N) is 1. The van der Waals surface area contributed by atoms with Crippen LogP contribution in [-0.4, -0.2) is 42.6 Å². The van der Waals surface area contributed by atoms with Crippen LogP contribution in [0.5, 0.6) is 0 Å². The van der Waals surface area contributed by atoms with E-state index in [9.17, 15) is 9.18 Å². The summed E-state index contributed by atoms with van der Waals surface area (Å²) in [6.45, 7) is 4.04. The Bertz CT molecular complexity index is 500. The number of ether oxygens (including phenoxy) is 1. The predicted molar refractivity (Wildman–Crippen MR) is 77.3 cm³/mol. The van der Waals surface area contributed by atoms with E-state index in [4.69, 9.17) is 4.74 Å². The third-order valence-corrected chi connectivity index (χ3v) is 4.17. The van der Waals surface area contributed by atoms with Crippen molar-refractivity contribution in [1.29, 1.82) is 0 Å². The highest BCUT2D eigenvalue weighted by Crippen LogP contribution is 2.26. The van der Waals surface area contributed by atoms with Gasteiger partial charge < -0.3 is 15.0 Å². The van der Waals surface area contributed by atoms with Crippen LogP contribution in [0.4, 0.5) is 4.39 Å². The summed E-state index contributed by atoms with van der Waals surface area (Å²) in [5.41, 5.74) is 0.917. The number of hydrogen-bond donors (Lipinski definition) is 1. The third kappa shape index (κ3) is 3.24. The van der Waals surface area contributed by atoms with Gasteiger partial charge in [-0.25, -0.2) is 4.39 Å². The van der Waals surface area contributed by atoms with Crippen LogP contribution in [-0.2, 0) is 9.53 Å². The molecule has 114 valence electrons. The lowest BCUT2D eigenvalue weighted by atomic mass is 10.1. The minimum Gasteiger partial charge on any atom is -0.367 e. The van der Waals surface area contributed by atoms with Gasteiger partial charge in [0.2, 0.25) is 5.91 Å². The second-order valence-corrected chi connectivity index (χ2v) is 5.88. The maximum atomic E-state index is 13.0. The number of morpholine rings is 1. The highest BCUT2D eigenvalue weighted by Gasteiger charge is 2.33. The molecule has 0 aromatic heterocycles. The summed E-state index contributed by atoms with van der Waals surface area (Å²) >= 11 is 0. The molecule has 0 bridgehead atoms. The van der Waals surface area contributed by atoms with Crippen molar-refractivity contribution in [3.63, 3.8) is 0 Å². The zero-order valence-electron chi connectivity index (χ0n) is 12.2. The molecular weight excluding hydrogens is 271 g/mol. The summed E-state index contributed by atoms with van der Waals surface area (Å²) in [5, 5.41) is 3.25. The fourth-order valence-corrected chi connectivity index (χ4v) is 3.11. The normalized spacial score (nSPS) is 29.6. The Morgan fingerprint density at radius 1 is 1.33 bits per heavy atom. The van der Waals surface area contributed by atoms with Crippen molar-refractivity contribution in [3.05, 3.63) is 35.6 Å². The Hall–Kier alpha value is -1.46. The van der Waals surface area contributed by atoms with Crippen LogP contribution in [0.15, 0.2) is 24.3 Å². The fourth-order valence-electron chi connectivity index (χ4n) is 3.11. The van der Waals surface area contributed by atoms with Gasteiger partial charge in [0.05, 0.1) is 18.7 Å². The fraction of sp³-hybridized carbons (Fsp3) is 0.562. The molecule has 0 unspecified atom stereocenters. The van der Waals surface area contributed by atoms with Gasteiger partial charge >= 0.3 is 0 Å². The first-order chi connectivity index (χ1) is 10.1. The first-order valence-corrected chi connectivity index (χ1v) is 7.56. The summed E-state index contributed by atoms with van der Waals surface area (Å²) in [5.74, 6) is -0.0968. The van der Waals surface area contributed by atoms with Crippen molar-refractivity contribution in [2.24, 2.45) is 0 Å². The highest BCUT2D eigenvalue weighted by atomic mass is 19.1. The van der Waals surface area contributed by atoms with Gasteiger partial charge in [-0.2, -0.15) is 0 Å². The topological polar surface area (TPSA) is 41.6 Å². The van der Waals surface area contributed by atoms with Gasteiger partial charge in [0.25, 0.3) is 0 Å². The first kappa shape index (κ1) is 14.5. The molecule has 1 aromatic carbocycles. The molecule has 0 radical (unpaired) electrons. The molecule has 2 fully saturated rings. The Morgan fingerprint density at radius 3 is 2.76 bits per heavy atom. The molecule has 2 aliphatic rings. The van der Waals surface area contributed by atoms with Crippen LogP contribution in [0.2, 0.25) is 0 Å². The van der Waals surface area contributed by atoms with Crippen LogP contribution in [0, 0.1) is 5.82 Å². The molecule has 3 rings (SSSR count). The summed E-state index contributed by atoms with van der Waals surface area (Å²) < 4.78 is 18.9. The van der Waals surface area contributed by atoms with Gasteiger partial charge in [-0.05, 0) is 44.0 Å². The number of hydrogen-bond acceptors (Lipinski definition) is 3. The standard InChI is InChI=1S/C16H21FN2O2/c1-11-9-19(16(20)14-3-2-8-18-14)10-15(21-11)12-4-6-13(17)7-5-12/h4-7,11,14-15,18H,2-3,8-10H2,1H3/t11-,14-,15-/m0/s1. The Labute approximate surface area is 124 Å². The van der Waals surface area contributed by atoms with E-state index in [1.165, 1.54) is 12.1 Å². The van der Waals surface area contributed by atoms with E-state index in [-0.39, 0.29) is 30.0 Å². The predicted octanol–water partition coefficient (Wildman–Crippen LogP) is 1.87. The average Bonchev–Trinajstić information content (AvgIpc) is 3.00. The monoisotopic (exact) mass is 292 g/mol. The van der Waals surface area contributed by atoms with Gasteiger partial charge in [-0.3, -0.25) is 4.79 Å². The van der Waals surface area contributed by atoms with E-state index in [0.717, 1.165) is 24.9 Å². The van der Waals surface area contributed by atoms with Gasteiger partial charge in [-0.1, -0.05) is 12.1 Å². The van der Waals surface area contributed by atoms with E-state index >= 15 is 0 Å². The molecule has 2 saturated heterocycles. The molecule has 4 nitrogen and oxygen atoms in total. The molecule has 3 atom stereocenters. The molecule has 0 saturated carbocycles. The van der Waals surface area contributed by atoms with Crippen molar-refractivity contribution in [2.75, 3.05) is 19.6 Å². The van der Waals surface area contributed by atoms with Crippen LogP contribution in [0.1, 0.15) is 31.4 Å². The number of rotatable bonds is 2. The van der Waals surface area contributed by atoms with Gasteiger partial charge in [-0.15, -0.1) is 0 Å². The number of nitrogens with one attached hydrogen (secondary N) is 1. The molecule has 0 aliphatic carbocycles. The molecule has 1 N–H and O–H groups in total. The van der Waals surface area contributed by atoms with Crippen molar-refractivity contribution >= 4 is 5.91 Å². The Balaban J connectivity index is 1.71. The molecule has 2 aliphatic heterocycles. The van der Waals surface area contributed by atoms with Crippen LogP contribution in [0.3, 0.4) is 0 Å². The lowest BCUT2D eigenvalue weighted by Gasteiger charge is -2.38. The maximum Gasteiger partial charge on any atom is 0.239 e. The van der Waals surface area contributed by atoms with Crippen molar-refractivity contribution in [1.82, 2.24) is 10.2 Å². The Morgan fingerprint density at radius 2 is 2.10 bits per heavy atom. The molecule has 1 aromatic rings. The number of amides is 1. The van der Waals surface area contributed by atoms with Crippen LogP contribution < -0.4 is 5.32 Å². The van der Waals surface area contributed by atoms with Gasteiger partial charge in [0.1, 0.15) is 11.9 Å². The summed E-state index contributed by atoms with van der Waals surface area (Å²) in [6, 6.07) is 6.28. The second-order valence-electron chi connectivity index (χ2n) is 5.88. The van der Waals surface area contributed by atoms with Gasteiger partial charge in [0, 0.05) is 6.54 Å². The maximum absolute atomic E-state index is 13.0. The molecule has 1 amide bonds. The molecule has 21 heavy (non-hydrogen) atoms. The number of carbonyl (C=O) groups excluding carboxylic acids is 1. The molecule has 0 spiro atoms. The smallest absolute Gasteiger partial charge is 0.239 e. The minimum atomic E-state index is -0.259. The number of carbonyl (C=O) groups is 1. The van der Waals surface area contributed by atoms with Gasteiger partial charge in [0.15, 0.2) is 0 Å². The van der Waals surface area contributed by atoms with E-state index in [0.29, 0.717) is 13.1 Å². The second kappa shape index (κ2) is 6.12.